The van der Waals surface area contributed by atoms with Gasteiger partial charge in [0.15, 0.2) is 0 Å². The molecule has 8 heteroatoms. The maximum atomic E-state index is 13.6. The number of carbonyl (C=O) groups is 2. The summed E-state index contributed by atoms with van der Waals surface area (Å²) in [5.74, 6) is -0.341. The van der Waals surface area contributed by atoms with Crippen LogP contribution in [0.5, 0.6) is 5.75 Å². The van der Waals surface area contributed by atoms with Gasteiger partial charge in [0.05, 0.1) is 23.6 Å². The predicted molar refractivity (Wildman–Crippen MR) is 125 cm³/mol. The number of methoxy groups -OCH3 is 1. The second-order valence-corrected chi connectivity index (χ2v) is 8.44. The van der Waals surface area contributed by atoms with Crippen molar-refractivity contribution in [3.05, 3.63) is 63.7 Å². The molecule has 0 spiro atoms. The summed E-state index contributed by atoms with van der Waals surface area (Å²) in [5, 5.41) is 14.0. The largest absolute Gasteiger partial charge is 0.490 e. The number of esters is 1. The summed E-state index contributed by atoms with van der Waals surface area (Å²) >= 11 is 0. The van der Waals surface area contributed by atoms with Gasteiger partial charge in [-0.05, 0) is 49.9 Å². The van der Waals surface area contributed by atoms with Crippen LogP contribution in [0.25, 0.3) is 0 Å². The molecule has 1 fully saturated rings. The van der Waals surface area contributed by atoms with Gasteiger partial charge in [-0.15, -0.1) is 0 Å². The van der Waals surface area contributed by atoms with Crippen molar-refractivity contribution < 1.29 is 24.0 Å². The highest BCUT2D eigenvalue weighted by Gasteiger charge is 2.41. The number of hydrogen-bond acceptors (Lipinski definition) is 6. The smallest absolute Gasteiger partial charge is 0.341 e. The molecule has 0 unspecified atom stereocenters. The van der Waals surface area contributed by atoms with Crippen molar-refractivity contribution in [1.82, 2.24) is 0 Å². The van der Waals surface area contributed by atoms with E-state index in [2.05, 4.69) is 5.32 Å². The SMILES string of the molecule is CC[C@@H](C)Oc1ccc(NC(=O)C2(c3ccc([N+](=O)[O-])cc3)CCCCC2)cc1C(=O)OC. The number of benzene rings is 2. The van der Waals surface area contributed by atoms with Crippen LogP contribution in [0, 0.1) is 10.1 Å². The first kappa shape index (κ1) is 24.2. The van der Waals surface area contributed by atoms with Crippen LogP contribution in [0.3, 0.4) is 0 Å². The number of nitro benzene ring substituents is 1. The van der Waals surface area contributed by atoms with Crippen LogP contribution in [0.1, 0.15) is 68.3 Å². The Morgan fingerprint density at radius 2 is 1.79 bits per heavy atom. The number of hydrogen-bond donors (Lipinski definition) is 1. The quantitative estimate of drug-likeness (QED) is 0.325. The highest BCUT2D eigenvalue weighted by molar-refractivity contribution is 6.01. The minimum absolute atomic E-state index is 0.00951. The third-order valence-corrected chi connectivity index (χ3v) is 6.32. The molecule has 1 N–H and O–H groups in total. The van der Waals surface area contributed by atoms with Gasteiger partial charge >= 0.3 is 5.97 Å². The topological polar surface area (TPSA) is 108 Å². The van der Waals surface area contributed by atoms with Gasteiger partial charge in [0, 0.05) is 17.8 Å². The molecule has 0 aromatic heterocycles. The van der Waals surface area contributed by atoms with Crippen LogP contribution in [0.2, 0.25) is 0 Å². The molecule has 1 aliphatic rings. The molecule has 0 saturated heterocycles. The average molecular weight is 455 g/mol. The van der Waals surface area contributed by atoms with E-state index in [0.29, 0.717) is 24.3 Å². The third-order valence-electron chi connectivity index (χ3n) is 6.32. The molecule has 33 heavy (non-hydrogen) atoms. The van der Waals surface area contributed by atoms with Crippen LogP contribution in [-0.2, 0) is 14.9 Å². The average Bonchev–Trinajstić information content (AvgIpc) is 2.84. The Kier molecular flexibility index (Phi) is 7.68. The molecule has 0 heterocycles. The predicted octanol–water partition coefficient (Wildman–Crippen LogP) is 5.40. The fourth-order valence-corrected chi connectivity index (χ4v) is 4.24. The lowest BCUT2D eigenvalue weighted by atomic mass is 9.68. The van der Waals surface area contributed by atoms with Crippen LogP contribution in [0.4, 0.5) is 11.4 Å². The molecular weight excluding hydrogens is 424 g/mol. The van der Waals surface area contributed by atoms with Crippen molar-refractivity contribution in [1.29, 1.82) is 0 Å². The van der Waals surface area contributed by atoms with Gasteiger partial charge in [0.1, 0.15) is 11.3 Å². The number of ether oxygens (including phenoxy) is 2. The Labute approximate surface area is 193 Å². The van der Waals surface area contributed by atoms with Gasteiger partial charge in [-0.3, -0.25) is 14.9 Å². The van der Waals surface area contributed by atoms with E-state index in [4.69, 9.17) is 9.47 Å². The monoisotopic (exact) mass is 454 g/mol. The van der Waals surface area contributed by atoms with Crippen molar-refractivity contribution in [3.8, 4) is 5.75 Å². The minimum atomic E-state index is -0.787. The molecular formula is C25H30N2O6. The van der Waals surface area contributed by atoms with Gasteiger partial charge < -0.3 is 14.8 Å². The Balaban J connectivity index is 1.92. The van der Waals surface area contributed by atoms with Crippen molar-refractivity contribution in [2.45, 2.75) is 63.9 Å². The number of anilines is 1. The lowest BCUT2D eigenvalue weighted by Gasteiger charge is -2.36. The summed E-state index contributed by atoms with van der Waals surface area (Å²) in [7, 11) is 1.30. The number of nitrogens with zero attached hydrogens (tertiary/aromatic N) is 1. The van der Waals surface area contributed by atoms with Crippen molar-refractivity contribution >= 4 is 23.3 Å². The van der Waals surface area contributed by atoms with Crippen molar-refractivity contribution in [3.63, 3.8) is 0 Å². The van der Waals surface area contributed by atoms with Gasteiger partial charge in [0.25, 0.3) is 5.69 Å². The van der Waals surface area contributed by atoms with Crippen LogP contribution >= 0.6 is 0 Å². The van der Waals surface area contributed by atoms with Gasteiger partial charge in [-0.1, -0.05) is 38.3 Å². The number of nitrogens with one attached hydrogen (secondary N) is 1. The summed E-state index contributed by atoms with van der Waals surface area (Å²) in [6.45, 7) is 3.90. The Bertz CT molecular complexity index is 1010. The van der Waals surface area contributed by atoms with Crippen molar-refractivity contribution in [2.75, 3.05) is 12.4 Å². The second-order valence-electron chi connectivity index (χ2n) is 8.44. The first-order valence-corrected chi connectivity index (χ1v) is 11.3. The van der Waals surface area contributed by atoms with E-state index in [1.807, 2.05) is 13.8 Å². The van der Waals surface area contributed by atoms with E-state index in [-0.39, 0.29) is 23.3 Å². The second kappa shape index (κ2) is 10.5. The minimum Gasteiger partial charge on any atom is -0.490 e. The zero-order chi connectivity index (χ0) is 24.0. The van der Waals surface area contributed by atoms with E-state index in [0.717, 1.165) is 31.2 Å². The molecule has 1 aliphatic carbocycles. The normalized spacial score (nSPS) is 15.8. The summed E-state index contributed by atoms with van der Waals surface area (Å²) in [5.41, 5.74) is 0.664. The number of nitro groups is 1. The zero-order valence-corrected chi connectivity index (χ0v) is 19.3. The standard InChI is InChI=1S/C25H30N2O6/c1-4-17(2)33-22-13-10-19(16-21(22)23(28)32-3)26-24(29)25(14-6-5-7-15-25)18-8-11-20(12-9-18)27(30)31/h8-13,16-17H,4-7,14-15H2,1-3H3,(H,26,29)/t17-/m1/s1. The first-order chi connectivity index (χ1) is 15.8. The van der Waals surface area contributed by atoms with E-state index in [1.165, 1.54) is 19.2 Å². The van der Waals surface area contributed by atoms with Crippen LogP contribution in [0.15, 0.2) is 42.5 Å². The Morgan fingerprint density at radius 3 is 2.36 bits per heavy atom. The maximum absolute atomic E-state index is 13.6. The Hall–Kier alpha value is -3.42. The maximum Gasteiger partial charge on any atom is 0.341 e. The first-order valence-electron chi connectivity index (χ1n) is 11.3. The summed E-state index contributed by atoms with van der Waals surface area (Å²) in [6, 6.07) is 11.2. The lowest BCUT2D eigenvalue weighted by Crippen LogP contribution is -2.42. The third kappa shape index (κ3) is 5.32. The zero-order valence-electron chi connectivity index (χ0n) is 19.3. The molecule has 2 aromatic carbocycles. The molecule has 1 saturated carbocycles. The highest BCUT2D eigenvalue weighted by Crippen LogP contribution is 2.41. The molecule has 8 nitrogen and oxygen atoms in total. The van der Waals surface area contributed by atoms with Gasteiger partial charge in [-0.2, -0.15) is 0 Å². The fraction of sp³-hybridized carbons (Fsp3) is 0.440. The van der Waals surface area contributed by atoms with E-state index in [1.54, 1.807) is 30.3 Å². The van der Waals surface area contributed by atoms with Gasteiger partial charge in [0.2, 0.25) is 5.91 Å². The van der Waals surface area contributed by atoms with Crippen LogP contribution < -0.4 is 10.1 Å². The number of rotatable bonds is 8. The molecule has 1 amide bonds. The summed E-state index contributed by atoms with van der Waals surface area (Å²) in [4.78, 5) is 36.5. The Morgan fingerprint density at radius 1 is 1.12 bits per heavy atom. The number of amides is 1. The van der Waals surface area contributed by atoms with E-state index in [9.17, 15) is 19.7 Å². The lowest BCUT2D eigenvalue weighted by molar-refractivity contribution is -0.384. The number of non-ortho nitro benzene ring substituents is 1. The molecule has 1 atom stereocenters. The summed E-state index contributed by atoms with van der Waals surface area (Å²) in [6.07, 6.45) is 4.80. The molecule has 0 radical (unpaired) electrons. The number of carbonyl (C=O) groups excluding carboxylic acids is 2. The fourth-order valence-electron chi connectivity index (χ4n) is 4.24. The van der Waals surface area contributed by atoms with Gasteiger partial charge in [-0.25, -0.2) is 4.79 Å². The summed E-state index contributed by atoms with van der Waals surface area (Å²) < 4.78 is 10.7. The molecule has 3 rings (SSSR count). The molecule has 2 aromatic rings. The van der Waals surface area contributed by atoms with Crippen LogP contribution in [-0.4, -0.2) is 30.0 Å². The van der Waals surface area contributed by atoms with E-state index < -0.39 is 16.3 Å². The highest BCUT2D eigenvalue weighted by atomic mass is 16.6. The molecule has 0 aliphatic heterocycles. The van der Waals surface area contributed by atoms with Crippen molar-refractivity contribution in [2.24, 2.45) is 0 Å². The molecule has 0 bridgehead atoms. The molecule has 176 valence electrons. The van der Waals surface area contributed by atoms with E-state index >= 15 is 0 Å².